The van der Waals surface area contributed by atoms with E-state index in [0.29, 0.717) is 37.0 Å². The average molecular weight is 400 g/mol. The molecule has 0 radical (unpaired) electrons. The van der Waals surface area contributed by atoms with Gasteiger partial charge in [0.05, 0.1) is 13.1 Å². The third-order valence-electron chi connectivity index (χ3n) is 5.44. The van der Waals surface area contributed by atoms with Crippen LogP contribution in [0.25, 0.3) is 0 Å². The molecule has 2 unspecified atom stereocenters. The van der Waals surface area contributed by atoms with E-state index < -0.39 is 0 Å². The molecular formula is C22H33N5O2. The third-order valence-corrected chi connectivity index (χ3v) is 5.44. The fourth-order valence-corrected chi connectivity index (χ4v) is 4.18. The lowest BCUT2D eigenvalue weighted by atomic mass is 9.92. The summed E-state index contributed by atoms with van der Waals surface area (Å²) in [5.41, 5.74) is 1.67. The highest BCUT2D eigenvalue weighted by Gasteiger charge is 2.24. The molecule has 3 rings (SSSR count). The number of nitrogens with one attached hydrogen (secondary N) is 2. The van der Waals surface area contributed by atoms with Crippen LogP contribution in [-0.4, -0.2) is 66.8 Å². The number of benzene rings is 1. The molecule has 2 N–H and O–H groups in total. The molecule has 158 valence electrons. The summed E-state index contributed by atoms with van der Waals surface area (Å²) in [6.45, 7) is 11.4. The van der Waals surface area contributed by atoms with Crippen molar-refractivity contribution in [1.29, 1.82) is 0 Å². The van der Waals surface area contributed by atoms with E-state index in [2.05, 4.69) is 36.3 Å². The first kappa shape index (κ1) is 21.1. The number of likely N-dealkylation sites (tertiary alicyclic amines) is 1. The smallest absolute Gasteiger partial charge is 0.254 e. The molecule has 7 heteroatoms. The lowest BCUT2D eigenvalue weighted by Crippen LogP contribution is -2.49. The Labute approximate surface area is 173 Å². The minimum atomic E-state index is -0.104. The van der Waals surface area contributed by atoms with Crippen LogP contribution in [-0.2, 0) is 11.3 Å². The fourth-order valence-electron chi connectivity index (χ4n) is 4.18. The summed E-state index contributed by atoms with van der Waals surface area (Å²) in [4.78, 5) is 32.9. The van der Waals surface area contributed by atoms with Crippen molar-refractivity contribution >= 4 is 17.8 Å². The minimum absolute atomic E-state index is 0.0977. The van der Waals surface area contributed by atoms with Gasteiger partial charge in [-0.05, 0) is 42.9 Å². The molecule has 0 saturated carbocycles. The van der Waals surface area contributed by atoms with Gasteiger partial charge in [0.15, 0.2) is 5.96 Å². The van der Waals surface area contributed by atoms with Crippen molar-refractivity contribution in [2.75, 3.05) is 39.3 Å². The van der Waals surface area contributed by atoms with Gasteiger partial charge >= 0.3 is 0 Å². The standard InChI is InChI=1S/C22H33N5O2/c1-4-23-22(27-13-16(2)11-17(3)14-27)25-12-18-5-7-19(8-6-18)21(29)26-10-9-24-20(28)15-26/h5-8,16-17H,4,9-15H2,1-3H3,(H,23,25)(H,24,28). The van der Waals surface area contributed by atoms with E-state index in [0.717, 1.165) is 31.2 Å². The summed E-state index contributed by atoms with van der Waals surface area (Å²) < 4.78 is 0. The van der Waals surface area contributed by atoms with Gasteiger partial charge < -0.3 is 20.4 Å². The van der Waals surface area contributed by atoms with Gasteiger partial charge in [-0.25, -0.2) is 4.99 Å². The molecule has 2 aliphatic heterocycles. The number of hydrogen-bond donors (Lipinski definition) is 2. The van der Waals surface area contributed by atoms with E-state index in [1.165, 1.54) is 6.42 Å². The average Bonchev–Trinajstić information content (AvgIpc) is 2.70. The topological polar surface area (TPSA) is 77.0 Å². The van der Waals surface area contributed by atoms with Crippen LogP contribution in [0.4, 0.5) is 0 Å². The number of carbonyl (C=O) groups is 2. The van der Waals surface area contributed by atoms with Crippen molar-refractivity contribution in [3.8, 4) is 0 Å². The predicted molar refractivity (Wildman–Crippen MR) is 115 cm³/mol. The number of piperazine rings is 1. The van der Waals surface area contributed by atoms with Crippen molar-refractivity contribution in [2.45, 2.75) is 33.7 Å². The Morgan fingerprint density at radius 2 is 1.86 bits per heavy atom. The Morgan fingerprint density at radius 3 is 2.48 bits per heavy atom. The maximum absolute atomic E-state index is 12.6. The highest BCUT2D eigenvalue weighted by atomic mass is 16.2. The van der Waals surface area contributed by atoms with Gasteiger partial charge in [0, 0.05) is 38.3 Å². The Balaban J connectivity index is 1.64. The summed E-state index contributed by atoms with van der Waals surface area (Å²) in [5, 5.41) is 6.16. The molecule has 2 aliphatic rings. The fraction of sp³-hybridized carbons (Fsp3) is 0.591. The number of nitrogens with zero attached hydrogens (tertiary/aromatic N) is 3. The van der Waals surface area contributed by atoms with Crippen molar-refractivity contribution in [2.24, 2.45) is 16.8 Å². The summed E-state index contributed by atoms with van der Waals surface area (Å²) in [7, 11) is 0. The Morgan fingerprint density at radius 1 is 1.17 bits per heavy atom. The monoisotopic (exact) mass is 399 g/mol. The van der Waals surface area contributed by atoms with E-state index >= 15 is 0 Å². The zero-order valence-electron chi connectivity index (χ0n) is 17.8. The first-order valence-corrected chi connectivity index (χ1v) is 10.6. The number of guanidine groups is 1. The van der Waals surface area contributed by atoms with Crippen LogP contribution >= 0.6 is 0 Å². The van der Waals surface area contributed by atoms with Gasteiger partial charge in [0.2, 0.25) is 5.91 Å². The Hall–Kier alpha value is -2.57. The van der Waals surface area contributed by atoms with Crippen LogP contribution < -0.4 is 10.6 Å². The molecule has 2 fully saturated rings. The van der Waals surface area contributed by atoms with E-state index in [1.807, 2.05) is 24.3 Å². The highest BCUT2D eigenvalue weighted by molar-refractivity contribution is 5.97. The number of carbonyl (C=O) groups excluding carboxylic acids is 2. The highest BCUT2D eigenvalue weighted by Crippen LogP contribution is 2.21. The summed E-state index contributed by atoms with van der Waals surface area (Å²) in [5.74, 6) is 2.10. The minimum Gasteiger partial charge on any atom is -0.357 e. The van der Waals surface area contributed by atoms with Crippen molar-refractivity contribution in [1.82, 2.24) is 20.4 Å². The van der Waals surface area contributed by atoms with Gasteiger partial charge in [-0.3, -0.25) is 9.59 Å². The summed E-state index contributed by atoms with van der Waals surface area (Å²) in [6, 6.07) is 7.56. The number of piperidine rings is 1. The maximum Gasteiger partial charge on any atom is 0.254 e. The van der Waals surface area contributed by atoms with E-state index in [1.54, 1.807) is 4.90 Å². The van der Waals surface area contributed by atoms with Crippen LogP contribution in [0.1, 0.15) is 43.1 Å². The molecule has 2 atom stereocenters. The molecule has 2 heterocycles. The predicted octanol–water partition coefficient (Wildman–Crippen LogP) is 1.70. The quantitative estimate of drug-likeness (QED) is 0.597. The molecule has 1 aromatic carbocycles. The van der Waals surface area contributed by atoms with Gasteiger partial charge in [-0.2, -0.15) is 0 Å². The van der Waals surface area contributed by atoms with Gasteiger partial charge in [-0.15, -0.1) is 0 Å². The van der Waals surface area contributed by atoms with Crippen LogP contribution in [0.5, 0.6) is 0 Å². The molecule has 0 bridgehead atoms. The van der Waals surface area contributed by atoms with E-state index in [4.69, 9.17) is 4.99 Å². The number of hydrogen-bond acceptors (Lipinski definition) is 3. The second-order valence-electron chi connectivity index (χ2n) is 8.29. The zero-order valence-corrected chi connectivity index (χ0v) is 17.8. The Bertz CT molecular complexity index is 736. The lowest BCUT2D eigenvalue weighted by Gasteiger charge is -2.37. The maximum atomic E-state index is 12.6. The van der Waals surface area contributed by atoms with Gasteiger partial charge in [-0.1, -0.05) is 26.0 Å². The molecule has 1 aromatic rings. The molecule has 7 nitrogen and oxygen atoms in total. The summed E-state index contributed by atoms with van der Waals surface area (Å²) >= 11 is 0. The van der Waals surface area contributed by atoms with E-state index in [9.17, 15) is 9.59 Å². The largest absolute Gasteiger partial charge is 0.357 e. The third kappa shape index (κ3) is 5.71. The number of aliphatic imine (C=N–C) groups is 1. The van der Waals surface area contributed by atoms with Crippen LogP contribution in [0, 0.1) is 11.8 Å². The first-order chi connectivity index (χ1) is 14.0. The Kier molecular flexibility index (Phi) is 7.12. The molecule has 29 heavy (non-hydrogen) atoms. The van der Waals surface area contributed by atoms with Crippen molar-refractivity contribution in [3.05, 3.63) is 35.4 Å². The van der Waals surface area contributed by atoms with Gasteiger partial charge in [0.25, 0.3) is 5.91 Å². The first-order valence-electron chi connectivity index (χ1n) is 10.6. The van der Waals surface area contributed by atoms with Crippen molar-refractivity contribution < 1.29 is 9.59 Å². The SMILES string of the molecule is CCNC(=NCc1ccc(C(=O)N2CCNC(=O)C2)cc1)N1CC(C)CC(C)C1. The number of amides is 2. The zero-order chi connectivity index (χ0) is 20.8. The van der Waals surface area contributed by atoms with Crippen LogP contribution in [0.2, 0.25) is 0 Å². The molecule has 0 aliphatic carbocycles. The molecule has 2 saturated heterocycles. The number of rotatable bonds is 4. The second kappa shape index (κ2) is 9.76. The van der Waals surface area contributed by atoms with Crippen LogP contribution in [0.3, 0.4) is 0 Å². The van der Waals surface area contributed by atoms with Gasteiger partial charge in [0.1, 0.15) is 0 Å². The second-order valence-corrected chi connectivity index (χ2v) is 8.29. The molecule has 0 aromatic heterocycles. The van der Waals surface area contributed by atoms with Crippen molar-refractivity contribution in [3.63, 3.8) is 0 Å². The van der Waals surface area contributed by atoms with Crippen LogP contribution in [0.15, 0.2) is 29.3 Å². The normalized spacial score (nSPS) is 23.0. The summed E-state index contributed by atoms with van der Waals surface area (Å²) in [6.07, 6.45) is 1.27. The molecule has 2 amide bonds. The van der Waals surface area contributed by atoms with E-state index in [-0.39, 0.29) is 18.4 Å². The molecule has 0 spiro atoms. The lowest BCUT2D eigenvalue weighted by molar-refractivity contribution is -0.123. The molecular weight excluding hydrogens is 366 g/mol.